The van der Waals surface area contributed by atoms with Gasteiger partial charge in [0.1, 0.15) is 25.0 Å². The topological polar surface area (TPSA) is 90.5 Å². The van der Waals surface area contributed by atoms with Crippen molar-refractivity contribution in [2.75, 3.05) is 0 Å². The number of rotatable bonds is 3. The highest BCUT2D eigenvalue weighted by molar-refractivity contribution is 7.99. The molecule has 0 saturated heterocycles. The Balaban J connectivity index is 2.79. The third-order valence-electron chi connectivity index (χ3n) is 2.30. The first-order valence-corrected chi connectivity index (χ1v) is 8.87. The summed E-state index contributed by atoms with van der Waals surface area (Å²) >= 11 is 4.31. The minimum Gasteiger partial charge on any atom is -0.287 e. The average Bonchev–Trinajstić information content (AvgIpc) is 2.81. The normalized spacial score (nSPS) is 15.1. The summed E-state index contributed by atoms with van der Waals surface area (Å²) in [6, 6.07) is 11.3. The van der Waals surface area contributed by atoms with Gasteiger partial charge in [0.05, 0.1) is 9.79 Å². The van der Waals surface area contributed by atoms with Gasteiger partial charge in [-0.25, -0.2) is 8.42 Å². The molecule has 20 heavy (non-hydrogen) atoms. The van der Waals surface area contributed by atoms with Crippen molar-refractivity contribution in [3.05, 3.63) is 45.6 Å². The Bertz CT molecular complexity index is 817. The van der Waals surface area contributed by atoms with Crippen LogP contribution in [0.2, 0.25) is 4.34 Å². The van der Waals surface area contributed by atoms with E-state index in [1.807, 2.05) is 6.07 Å². The quantitative estimate of drug-likeness (QED) is 0.863. The fourth-order valence-electron chi connectivity index (χ4n) is 1.50. The molecule has 2 aromatic rings. The molecular formula is C11H7ClN2O3S3. The summed E-state index contributed by atoms with van der Waals surface area (Å²) in [7, 11) is -3.36. The van der Waals surface area contributed by atoms with Crippen molar-refractivity contribution in [2.24, 2.45) is 3.77 Å². The highest BCUT2D eigenvalue weighted by Gasteiger charge is 2.23. The standard InChI is InChI=1S/C11H7ClN2O3S3/c12-11-10(6-8(7-13)18-11)20(17,14-19(15)16)9-4-2-1-3-5-9/h1-6H,(H,15,16). The van der Waals surface area contributed by atoms with Crippen molar-refractivity contribution < 1.29 is 13.0 Å². The van der Waals surface area contributed by atoms with Gasteiger partial charge in [0.2, 0.25) is 0 Å². The van der Waals surface area contributed by atoms with Gasteiger partial charge < -0.3 is 0 Å². The van der Waals surface area contributed by atoms with Gasteiger partial charge in [-0.05, 0) is 18.2 Å². The number of thiophene rings is 1. The third kappa shape index (κ3) is 2.92. The Morgan fingerprint density at radius 1 is 1.40 bits per heavy atom. The minimum atomic E-state index is -3.36. The van der Waals surface area contributed by atoms with Gasteiger partial charge >= 0.3 is 0 Å². The molecule has 0 spiro atoms. The van der Waals surface area contributed by atoms with Gasteiger partial charge in [-0.2, -0.15) is 5.26 Å². The highest BCUT2D eigenvalue weighted by Crippen LogP contribution is 2.36. The number of hydrogen-bond acceptors (Lipinski definition) is 4. The Morgan fingerprint density at radius 2 is 2.05 bits per heavy atom. The molecule has 0 bridgehead atoms. The maximum absolute atomic E-state index is 13.0. The molecule has 0 aliphatic rings. The molecule has 9 heteroatoms. The van der Waals surface area contributed by atoms with Crippen LogP contribution >= 0.6 is 22.9 Å². The van der Waals surface area contributed by atoms with Crippen LogP contribution in [0, 0.1) is 11.3 Å². The fraction of sp³-hybridized carbons (Fsp3) is 0. The number of nitrogens with zero attached hydrogens (tertiary/aromatic N) is 2. The molecule has 1 aromatic carbocycles. The van der Waals surface area contributed by atoms with E-state index < -0.39 is 21.0 Å². The predicted octanol–water partition coefficient (Wildman–Crippen LogP) is 3.30. The molecule has 0 saturated carbocycles. The summed E-state index contributed by atoms with van der Waals surface area (Å²) in [5.74, 6) is 0. The molecule has 2 atom stereocenters. The van der Waals surface area contributed by atoms with Crippen LogP contribution in [0.4, 0.5) is 0 Å². The van der Waals surface area contributed by atoms with Crippen LogP contribution in [-0.4, -0.2) is 13.0 Å². The first kappa shape index (κ1) is 15.2. The summed E-state index contributed by atoms with van der Waals surface area (Å²) in [4.78, 5) is 0.591. The largest absolute Gasteiger partial charge is 0.291 e. The van der Waals surface area contributed by atoms with Crippen LogP contribution in [0.5, 0.6) is 0 Å². The van der Waals surface area contributed by atoms with Crippen molar-refractivity contribution in [1.82, 2.24) is 0 Å². The number of benzene rings is 1. The van der Waals surface area contributed by atoms with Crippen molar-refractivity contribution in [3.63, 3.8) is 0 Å². The third-order valence-corrected chi connectivity index (χ3v) is 6.98. The van der Waals surface area contributed by atoms with Gasteiger partial charge in [-0.15, -0.1) is 15.1 Å². The van der Waals surface area contributed by atoms with Crippen LogP contribution in [0.1, 0.15) is 4.88 Å². The van der Waals surface area contributed by atoms with Crippen LogP contribution < -0.4 is 0 Å². The molecule has 2 unspecified atom stereocenters. The zero-order valence-corrected chi connectivity index (χ0v) is 12.9. The first-order chi connectivity index (χ1) is 9.47. The van der Waals surface area contributed by atoms with E-state index in [-0.39, 0.29) is 19.0 Å². The fourth-order valence-corrected chi connectivity index (χ4v) is 5.89. The summed E-state index contributed by atoms with van der Waals surface area (Å²) in [5, 5.41) is 8.86. The van der Waals surface area contributed by atoms with Crippen molar-refractivity contribution in [3.8, 4) is 6.07 Å². The molecule has 2 rings (SSSR count). The zero-order valence-electron chi connectivity index (χ0n) is 9.72. The summed E-state index contributed by atoms with van der Waals surface area (Å²) in [6.45, 7) is 0. The van der Waals surface area contributed by atoms with Crippen molar-refractivity contribution in [2.45, 2.75) is 9.79 Å². The van der Waals surface area contributed by atoms with Crippen LogP contribution in [0.25, 0.3) is 0 Å². The van der Waals surface area contributed by atoms with E-state index in [4.69, 9.17) is 21.4 Å². The Morgan fingerprint density at radius 3 is 2.55 bits per heavy atom. The van der Waals surface area contributed by atoms with Crippen LogP contribution in [-0.2, 0) is 21.0 Å². The molecule has 104 valence electrons. The average molecular weight is 347 g/mol. The Labute approximate surface area is 127 Å². The molecule has 0 radical (unpaired) electrons. The summed E-state index contributed by atoms with van der Waals surface area (Å²) < 4.78 is 36.6. The molecular weight excluding hydrogens is 340 g/mol. The predicted molar refractivity (Wildman–Crippen MR) is 78.4 cm³/mol. The van der Waals surface area contributed by atoms with Crippen molar-refractivity contribution in [1.29, 1.82) is 5.26 Å². The molecule has 1 N–H and O–H groups in total. The van der Waals surface area contributed by atoms with Gasteiger partial charge in [-0.1, -0.05) is 29.8 Å². The van der Waals surface area contributed by atoms with Crippen molar-refractivity contribution >= 4 is 43.9 Å². The van der Waals surface area contributed by atoms with E-state index in [2.05, 4.69) is 3.77 Å². The van der Waals surface area contributed by atoms with Gasteiger partial charge in [-0.3, -0.25) is 4.55 Å². The highest BCUT2D eigenvalue weighted by atomic mass is 35.5. The number of nitriles is 1. The Kier molecular flexibility index (Phi) is 4.57. The Hall–Kier alpha value is -1.24. The summed E-state index contributed by atoms with van der Waals surface area (Å²) in [5.41, 5.74) is 0. The second-order valence-electron chi connectivity index (χ2n) is 3.50. The van der Waals surface area contributed by atoms with Gasteiger partial charge in [0.25, 0.3) is 11.3 Å². The number of halogens is 1. The maximum atomic E-state index is 13.0. The van der Waals surface area contributed by atoms with E-state index in [9.17, 15) is 8.42 Å². The second-order valence-corrected chi connectivity index (χ2v) is 8.18. The monoisotopic (exact) mass is 346 g/mol. The summed E-state index contributed by atoms with van der Waals surface area (Å²) in [6.07, 6.45) is 0. The second kappa shape index (κ2) is 6.03. The molecule has 0 aliphatic heterocycles. The van der Waals surface area contributed by atoms with E-state index >= 15 is 0 Å². The zero-order chi connectivity index (χ0) is 14.8. The lowest BCUT2D eigenvalue weighted by atomic mass is 10.4. The molecule has 1 heterocycles. The molecule has 1 aromatic heterocycles. The molecule has 0 fully saturated rings. The van der Waals surface area contributed by atoms with Crippen LogP contribution in [0.15, 0.2) is 50.0 Å². The van der Waals surface area contributed by atoms with Gasteiger partial charge in [0.15, 0.2) is 0 Å². The molecule has 0 aliphatic carbocycles. The van der Waals surface area contributed by atoms with Crippen LogP contribution in [0.3, 0.4) is 0 Å². The lowest BCUT2D eigenvalue weighted by molar-refractivity contribution is 0.566. The number of hydrogen-bond donors (Lipinski definition) is 1. The van der Waals surface area contributed by atoms with E-state index in [1.54, 1.807) is 18.2 Å². The SMILES string of the molecule is N#Cc1cc(S(=O)(=NS(=O)O)c2ccccc2)c(Cl)s1. The van der Waals surface area contributed by atoms with E-state index in [0.29, 0.717) is 0 Å². The van der Waals surface area contributed by atoms with E-state index in [0.717, 1.165) is 11.3 Å². The smallest absolute Gasteiger partial charge is 0.287 e. The lowest BCUT2D eigenvalue weighted by Gasteiger charge is -2.07. The molecule has 0 amide bonds. The first-order valence-electron chi connectivity index (χ1n) is 5.10. The lowest BCUT2D eigenvalue weighted by Crippen LogP contribution is -2.03. The maximum Gasteiger partial charge on any atom is 0.291 e. The molecule has 5 nitrogen and oxygen atoms in total. The minimum absolute atomic E-state index is 0.0781. The van der Waals surface area contributed by atoms with Gasteiger partial charge in [0, 0.05) is 0 Å². The van der Waals surface area contributed by atoms with E-state index in [1.165, 1.54) is 18.2 Å².